The fourth-order valence-corrected chi connectivity index (χ4v) is 1.43. The fraction of sp³-hybridized carbons (Fsp3) is 0.417. The van der Waals surface area contributed by atoms with Gasteiger partial charge in [-0.2, -0.15) is 0 Å². The number of benzene rings is 1. The van der Waals surface area contributed by atoms with Crippen molar-refractivity contribution in [1.29, 1.82) is 0 Å². The molecule has 0 radical (unpaired) electrons. The average Bonchev–Trinajstić information content (AvgIpc) is 2.25. The van der Waals surface area contributed by atoms with Gasteiger partial charge in [-0.05, 0) is 29.7 Å². The molecule has 4 nitrogen and oxygen atoms in total. The van der Waals surface area contributed by atoms with Gasteiger partial charge in [0.15, 0.2) is 6.79 Å². The summed E-state index contributed by atoms with van der Waals surface area (Å²) in [5, 5.41) is 9.02. The van der Waals surface area contributed by atoms with Crippen LogP contribution in [-0.2, 0) is 4.74 Å². The van der Waals surface area contributed by atoms with Crippen LogP contribution in [0.1, 0.15) is 35.7 Å². The van der Waals surface area contributed by atoms with Crippen molar-refractivity contribution in [2.75, 3.05) is 13.9 Å². The number of hydrogen-bond donors (Lipinski definition) is 1. The third-order valence-corrected chi connectivity index (χ3v) is 2.22. The Hall–Kier alpha value is -1.55. The van der Waals surface area contributed by atoms with E-state index in [1.165, 1.54) is 7.11 Å². The van der Waals surface area contributed by atoms with Crippen molar-refractivity contribution in [1.82, 2.24) is 0 Å². The summed E-state index contributed by atoms with van der Waals surface area (Å²) in [6, 6.07) is 4.93. The summed E-state index contributed by atoms with van der Waals surface area (Å²) in [7, 11) is 1.54. The summed E-state index contributed by atoms with van der Waals surface area (Å²) < 4.78 is 10.1. The molecular formula is C12H16O4. The topological polar surface area (TPSA) is 55.8 Å². The van der Waals surface area contributed by atoms with E-state index in [4.69, 9.17) is 14.6 Å². The molecule has 1 rings (SSSR count). The molecule has 0 aromatic heterocycles. The van der Waals surface area contributed by atoms with E-state index in [-0.39, 0.29) is 12.7 Å². The predicted molar refractivity (Wildman–Crippen MR) is 60.0 cm³/mol. The molecule has 0 aliphatic rings. The number of rotatable bonds is 5. The molecular weight excluding hydrogens is 208 g/mol. The molecule has 1 aromatic rings. The normalized spacial score (nSPS) is 10.5. The molecule has 4 heteroatoms. The third-order valence-electron chi connectivity index (χ3n) is 2.22. The monoisotopic (exact) mass is 224 g/mol. The molecule has 1 N–H and O–H groups in total. The van der Waals surface area contributed by atoms with E-state index in [9.17, 15) is 4.79 Å². The summed E-state index contributed by atoms with van der Waals surface area (Å²) in [4.78, 5) is 11.0. The highest BCUT2D eigenvalue weighted by Gasteiger charge is 2.13. The number of carboxylic acids is 1. The van der Waals surface area contributed by atoms with Gasteiger partial charge in [0.25, 0.3) is 0 Å². The lowest BCUT2D eigenvalue weighted by atomic mass is 9.97. The van der Waals surface area contributed by atoms with E-state index in [0.717, 1.165) is 5.56 Å². The lowest BCUT2D eigenvalue weighted by molar-refractivity contribution is 0.0510. The van der Waals surface area contributed by atoms with Crippen molar-refractivity contribution >= 4 is 5.97 Å². The number of carboxylic acid groups (broad SMARTS) is 1. The zero-order valence-electron chi connectivity index (χ0n) is 9.69. The molecule has 0 amide bonds. The van der Waals surface area contributed by atoms with Crippen LogP contribution in [0.5, 0.6) is 5.75 Å². The summed E-state index contributed by atoms with van der Waals surface area (Å²) in [5.41, 5.74) is 1.08. The summed E-state index contributed by atoms with van der Waals surface area (Å²) in [6.07, 6.45) is 0. The van der Waals surface area contributed by atoms with Crippen LogP contribution in [0, 0.1) is 0 Å². The van der Waals surface area contributed by atoms with Crippen molar-refractivity contribution in [2.24, 2.45) is 0 Å². The molecule has 0 aliphatic carbocycles. The first-order chi connectivity index (χ1) is 7.56. The summed E-state index contributed by atoms with van der Waals surface area (Å²) >= 11 is 0. The van der Waals surface area contributed by atoms with E-state index in [2.05, 4.69) is 0 Å². The van der Waals surface area contributed by atoms with Gasteiger partial charge >= 0.3 is 5.97 Å². The van der Waals surface area contributed by atoms with Gasteiger partial charge in [0.1, 0.15) is 5.75 Å². The Morgan fingerprint density at radius 1 is 1.44 bits per heavy atom. The van der Waals surface area contributed by atoms with Crippen molar-refractivity contribution < 1.29 is 19.4 Å². The van der Waals surface area contributed by atoms with Crippen LogP contribution in [0.3, 0.4) is 0 Å². The Balaban J connectivity index is 3.02. The molecule has 0 unspecified atom stereocenters. The highest BCUT2D eigenvalue weighted by Crippen LogP contribution is 2.24. The number of hydrogen-bond acceptors (Lipinski definition) is 3. The maximum absolute atomic E-state index is 11.0. The minimum Gasteiger partial charge on any atom is -0.478 e. The molecule has 0 atom stereocenters. The third kappa shape index (κ3) is 2.97. The van der Waals surface area contributed by atoms with E-state index < -0.39 is 5.97 Å². The Kier molecular flexibility index (Phi) is 4.31. The molecule has 16 heavy (non-hydrogen) atoms. The van der Waals surface area contributed by atoms with Crippen LogP contribution >= 0.6 is 0 Å². The van der Waals surface area contributed by atoms with E-state index in [1.54, 1.807) is 18.2 Å². The van der Waals surface area contributed by atoms with Crippen molar-refractivity contribution in [2.45, 2.75) is 19.8 Å². The van der Waals surface area contributed by atoms with Crippen molar-refractivity contribution in [3.05, 3.63) is 29.3 Å². The van der Waals surface area contributed by atoms with Crippen molar-refractivity contribution in [3.63, 3.8) is 0 Å². The van der Waals surface area contributed by atoms with Crippen LogP contribution in [0.4, 0.5) is 0 Å². The Morgan fingerprint density at radius 3 is 2.62 bits per heavy atom. The van der Waals surface area contributed by atoms with Gasteiger partial charge in [0.05, 0.1) is 5.56 Å². The second-order valence-corrected chi connectivity index (χ2v) is 3.76. The van der Waals surface area contributed by atoms with Crippen LogP contribution < -0.4 is 4.74 Å². The van der Waals surface area contributed by atoms with Gasteiger partial charge in [-0.1, -0.05) is 13.8 Å². The minimum atomic E-state index is -0.915. The number of ether oxygens (including phenoxy) is 2. The van der Waals surface area contributed by atoms with Crippen LogP contribution in [0.2, 0.25) is 0 Å². The first-order valence-electron chi connectivity index (χ1n) is 5.05. The molecule has 0 heterocycles. The molecule has 1 aromatic carbocycles. The van der Waals surface area contributed by atoms with Gasteiger partial charge in [0, 0.05) is 7.11 Å². The fourth-order valence-electron chi connectivity index (χ4n) is 1.43. The highest BCUT2D eigenvalue weighted by atomic mass is 16.7. The molecule has 0 fully saturated rings. The second-order valence-electron chi connectivity index (χ2n) is 3.76. The van der Waals surface area contributed by atoms with Gasteiger partial charge in [0.2, 0.25) is 0 Å². The van der Waals surface area contributed by atoms with Gasteiger partial charge in [-0.25, -0.2) is 4.79 Å². The predicted octanol–water partition coefficient (Wildman–Crippen LogP) is 2.49. The van der Waals surface area contributed by atoms with E-state index in [1.807, 2.05) is 13.8 Å². The maximum Gasteiger partial charge on any atom is 0.335 e. The first-order valence-corrected chi connectivity index (χ1v) is 5.05. The highest BCUT2D eigenvalue weighted by molar-refractivity contribution is 5.89. The second kappa shape index (κ2) is 5.51. The molecule has 0 spiro atoms. The lowest BCUT2D eigenvalue weighted by Crippen LogP contribution is -2.05. The van der Waals surface area contributed by atoms with Crippen LogP contribution in [-0.4, -0.2) is 25.0 Å². The summed E-state index contributed by atoms with van der Waals surface area (Å²) in [6.45, 7) is 4.05. The lowest BCUT2D eigenvalue weighted by Gasteiger charge is -2.12. The minimum absolute atomic E-state index is 0.136. The number of carbonyl (C=O) groups is 1. The van der Waals surface area contributed by atoms with E-state index in [0.29, 0.717) is 11.3 Å². The SMILES string of the molecule is COCOc1ccc(C(=O)O)c(C(C)C)c1. The number of methoxy groups -OCH3 is 1. The first kappa shape index (κ1) is 12.5. The zero-order chi connectivity index (χ0) is 12.1. The van der Waals surface area contributed by atoms with E-state index >= 15 is 0 Å². The van der Waals surface area contributed by atoms with Crippen molar-refractivity contribution in [3.8, 4) is 5.75 Å². The number of aromatic carboxylic acids is 1. The molecule has 0 saturated heterocycles. The quantitative estimate of drug-likeness (QED) is 0.781. The molecule has 0 bridgehead atoms. The van der Waals surface area contributed by atoms with Crippen LogP contribution in [0.15, 0.2) is 18.2 Å². The largest absolute Gasteiger partial charge is 0.478 e. The molecule has 0 saturated carbocycles. The maximum atomic E-state index is 11.0. The van der Waals surface area contributed by atoms with Gasteiger partial charge in [-0.3, -0.25) is 0 Å². The smallest absolute Gasteiger partial charge is 0.335 e. The van der Waals surface area contributed by atoms with Gasteiger partial charge in [-0.15, -0.1) is 0 Å². The molecule has 0 aliphatic heterocycles. The van der Waals surface area contributed by atoms with Crippen LogP contribution in [0.25, 0.3) is 0 Å². The molecule has 88 valence electrons. The van der Waals surface area contributed by atoms with Gasteiger partial charge < -0.3 is 14.6 Å². The Morgan fingerprint density at radius 2 is 2.12 bits per heavy atom. The zero-order valence-corrected chi connectivity index (χ0v) is 9.69. The Bertz CT molecular complexity index is 371. The standard InChI is InChI=1S/C12H16O4/c1-8(2)11-6-9(16-7-15-3)4-5-10(11)12(13)14/h4-6,8H,7H2,1-3H3,(H,13,14). The Labute approximate surface area is 94.8 Å². The average molecular weight is 224 g/mol. The summed E-state index contributed by atoms with van der Waals surface area (Å²) in [5.74, 6) is -0.158.